The summed E-state index contributed by atoms with van der Waals surface area (Å²) in [7, 11) is 0. The maximum absolute atomic E-state index is 5.45. The van der Waals surface area contributed by atoms with Crippen molar-refractivity contribution in [3.05, 3.63) is 16.7 Å². The molecule has 0 unspecified atom stereocenters. The van der Waals surface area contributed by atoms with Crippen molar-refractivity contribution in [1.29, 1.82) is 0 Å². The van der Waals surface area contributed by atoms with E-state index in [9.17, 15) is 0 Å². The van der Waals surface area contributed by atoms with Gasteiger partial charge in [-0.1, -0.05) is 0 Å². The highest BCUT2D eigenvalue weighted by atomic mass is 79.9. The SMILES string of the molecule is Br.CCOc1cc(N)ncc1Br. The van der Waals surface area contributed by atoms with E-state index in [2.05, 4.69) is 20.9 Å². The Morgan fingerprint density at radius 3 is 2.92 bits per heavy atom. The lowest BCUT2D eigenvalue weighted by molar-refractivity contribution is 0.338. The maximum atomic E-state index is 5.45. The van der Waals surface area contributed by atoms with Gasteiger partial charge in [-0.25, -0.2) is 4.98 Å². The molecule has 0 saturated heterocycles. The van der Waals surface area contributed by atoms with E-state index in [1.807, 2.05) is 6.92 Å². The second-order valence-corrected chi connectivity index (χ2v) is 2.83. The van der Waals surface area contributed by atoms with Crippen LogP contribution in [0.1, 0.15) is 6.92 Å². The van der Waals surface area contributed by atoms with Crippen LogP contribution in [-0.4, -0.2) is 11.6 Å². The molecule has 0 radical (unpaired) electrons. The smallest absolute Gasteiger partial charge is 0.138 e. The van der Waals surface area contributed by atoms with Crippen molar-refractivity contribution >= 4 is 38.7 Å². The first kappa shape index (κ1) is 11.7. The average molecular weight is 298 g/mol. The molecule has 2 N–H and O–H groups in total. The lowest BCUT2D eigenvalue weighted by Crippen LogP contribution is -1.95. The molecule has 0 aliphatic heterocycles. The van der Waals surface area contributed by atoms with Crippen LogP contribution in [0.25, 0.3) is 0 Å². The lowest BCUT2D eigenvalue weighted by Gasteiger charge is -2.04. The summed E-state index contributed by atoms with van der Waals surface area (Å²) >= 11 is 3.29. The van der Waals surface area contributed by atoms with E-state index in [-0.39, 0.29) is 17.0 Å². The Morgan fingerprint density at radius 2 is 2.33 bits per heavy atom. The number of hydrogen-bond donors (Lipinski definition) is 1. The summed E-state index contributed by atoms with van der Waals surface area (Å²) in [5.74, 6) is 1.21. The first-order chi connectivity index (χ1) is 5.24. The van der Waals surface area contributed by atoms with Gasteiger partial charge in [0.15, 0.2) is 0 Å². The Labute approximate surface area is 90.2 Å². The zero-order valence-corrected chi connectivity index (χ0v) is 9.88. The number of nitrogens with zero attached hydrogens (tertiary/aromatic N) is 1. The number of nitrogen functional groups attached to an aromatic ring is 1. The van der Waals surface area contributed by atoms with Gasteiger partial charge in [0.05, 0.1) is 11.1 Å². The number of pyridine rings is 1. The number of hydrogen-bond acceptors (Lipinski definition) is 3. The summed E-state index contributed by atoms with van der Waals surface area (Å²) in [5, 5.41) is 0. The standard InChI is InChI=1S/C7H9BrN2O.BrH/c1-2-11-6-3-7(9)10-4-5(6)8;/h3-4H,2H2,1H3,(H2,9,10);1H. The van der Waals surface area contributed by atoms with E-state index in [1.165, 1.54) is 0 Å². The van der Waals surface area contributed by atoms with Gasteiger partial charge in [-0.05, 0) is 22.9 Å². The number of anilines is 1. The number of nitrogens with two attached hydrogens (primary N) is 1. The fourth-order valence-electron chi connectivity index (χ4n) is 0.701. The third kappa shape index (κ3) is 2.98. The van der Waals surface area contributed by atoms with Gasteiger partial charge in [0.2, 0.25) is 0 Å². The van der Waals surface area contributed by atoms with Gasteiger partial charge in [0, 0.05) is 12.3 Å². The molecular formula is C7H10Br2N2O. The molecule has 1 aromatic rings. The number of halogens is 2. The minimum absolute atomic E-state index is 0. The number of ether oxygens (including phenoxy) is 1. The van der Waals surface area contributed by atoms with Crippen LogP contribution in [0, 0.1) is 0 Å². The monoisotopic (exact) mass is 296 g/mol. The van der Waals surface area contributed by atoms with Crippen LogP contribution in [0.2, 0.25) is 0 Å². The Balaban J connectivity index is 0.00000121. The van der Waals surface area contributed by atoms with Crippen LogP contribution in [0.5, 0.6) is 5.75 Å². The molecule has 0 atom stereocenters. The molecule has 0 aliphatic rings. The Morgan fingerprint density at radius 1 is 1.67 bits per heavy atom. The molecule has 0 saturated carbocycles. The third-order valence-corrected chi connectivity index (χ3v) is 1.74. The maximum Gasteiger partial charge on any atom is 0.138 e. The fraction of sp³-hybridized carbons (Fsp3) is 0.286. The zero-order chi connectivity index (χ0) is 8.27. The fourth-order valence-corrected chi connectivity index (χ4v) is 1.03. The van der Waals surface area contributed by atoms with E-state index >= 15 is 0 Å². The summed E-state index contributed by atoms with van der Waals surface area (Å²) in [6, 6.07) is 1.69. The van der Waals surface area contributed by atoms with Crippen LogP contribution in [0.4, 0.5) is 5.82 Å². The molecular weight excluding hydrogens is 288 g/mol. The minimum Gasteiger partial charge on any atom is -0.492 e. The van der Waals surface area contributed by atoms with Gasteiger partial charge in [0.25, 0.3) is 0 Å². The van der Waals surface area contributed by atoms with Crippen molar-refractivity contribution in [3.8, 4) is 5.75 Å². The molecule has 12 heavy (non-hydrogen) atoms. The van der Waals surface area contributed by atoms with Crippen molar-refractivity contribution in [2.45, 2.75) is 6.92 Å². The second-order valence-electron chi connectivity index (χ2n) is 1.97. The van der Waals surface area contributed by atoms with Crippen LogP contribution < -0.4 is 10.5 Å². The third-order valence-electron chi connectivity index (χ3n) is 1.14. The number of aromatic nitrogens is 1. The highest BCUT2D eigenvalue weighted by Gasteiger charge is 2.00. The molecule has 3 nitrogen and oxygen atoms in total. The van der Waals surface area contributed by atoms with E-state index in [4.69, 9.17) is 10.5 Å². The first-order valence-electron chi connectivity index (χ1n) is 3.28. The van der Waals surface area contributed by atoms with Crippen molar-refractivity contribution in [2.24, 2.45) is 0 Å². The van der Waals surface area contributed by atoms with Gasteiger partial charge in [-0.2, -0.15) is 0 Å². The Bertz CT molecular complexity index is 255. The van der Waals surface area contributed by atoms with E-state index in [0.29, 0.717) is 12.4 Å². The van der Waals surface area contributed by atoms with Crippen molar-refractivity contribution in [1.82, 2.24) is 4.98 Å². The average Bonchev–Trinajstić information content (AvgIpc) is 1.98. The predicted molar refractivity (Wildman–Crippen MR) is 57.8 cm³/mol. The molecule has 0 bridgehead atoms. The van der Waals surface area contributed by atoms with Crippen LogP contribution in [0.15, 0.2) is 16.7 Å². The largest absolute Gasteiger partial charge is 0.492 e. The zero-order valence-electron chi connectivity index (χ0n) is 6.58. The summed E-state index contributed by atoms with van der Waals surface area (Å²) < 4.78 is 6.08. The first-order valence-corrected chi connectivity index (χ1v) is 4.07. The number of rotatable bonds is 2. The molecule has 1 heterocycles. The Kier molecular flexibility index (Phi) is 5.24. The van der Waals surface area contributed by atoms with Gasteiger partial charge in [-0.15, -0.1) is 17.0 Å². The molecule has 1 aromatic heterocycles. The van der Waals surface area contributed by atoms with Crippen LogP contribution >= 0.6 is 32.9 Å². The van der Waals surface area contributed by atoms with Crippen molar-refractivity contribution in [2.75, 3.05) is 12.3 Å². The normalized spacial score (nSPS) is 8.83. The topological polar surface area (TPSA) is 48.1 Å². The Hall–Kier alpha value is -0.290. The van der Waals surface area contributed by atoms with Gasteiger partial charge in [-0.3, -0.25) is 0 Å². The highest BCUT2D eigenvalue weighted by molar-refractivity contribution is 9.10. The summed E-state index contributed by atoms with van der Waals surface area (Å²) in [6.45, 7) is 2.55. The van der Waals surface area contributed by atoms with Gasteiger partial charge in [0.1, 0.15) is 11.6 Å². The molecule has 68 valence electrons. The predicted octanol–water partition coefficient (Wildman–Crippen LogP) is 2.40. The molecule has 0 aliphatic carbocycles. The van der Waals surface area contributed by atoms with E-state index in [1.54, 1.807) is 12.3 Å². The summed E-state index contributed by atoms with van der Waals surface area (Å²) in [6.07, 6.45) is 1.63. The molecule has 0 amide bonds. The van der Waals surface area contributed by atoms with E-state index in [0.717, 1.165) is 10.2 Å². The van der Waals surface area contributed by atoms with Gasteiger partial charge >= 0.3 is 0 Å². The van der Waals surface area contributed by atoms with Crippen LogP contribution in [0.3, 0.4) is 0 Å². The minimum atomic E-state index is 0. The molecule has 1 rings (SSSR count). The summed E-state index contributed by atoms with van der Waals surface area (Å²) in [5.41, 5.74) is 5.45. The molecule has 5 heteroatoms. The summed E-state index contributed by atoms with van der Waals surface area (Å²) in [4.78, 5) is 3.87. The molecule has 0 aromatic carbocycles. The van der Waals surface area contributed by atoms with E-state index < -0.39 is 0 Å². The quantitative estimate of drug-likeness (QED) is 0.912. The van der Waals surface area contributed by atoms with Crippen LogP contribution in [-0.2, 0) is 0 Å². The van der Waals surface area contributed by atoms with Crippen molar-refractivity contribution < 1.29 is 4.74 Å². The highest BCUT2D eigenvalue weighted by Crippen LogP contribution is 2.24. The second kappa shape index (κ2) is 5.37. The van der Waals surface area contributed by atoms with Crippen molar-refractivity contribution in [3.63, 3.8) is 0 Å². The molecule has 0 spiro atoms. The molecule has 0 fully saturated rings. The lowest BCUT2D eigenvalue weighted by atomic mass is 10.4. The van der Waals surface area contributed by atoms with Gasteiger partial charge < -0.3 is 10.5 Å².